The van der Waals surface area contributed by atoms with Gasteiger partial charge in [-0.2, -0.15) is 0 Å². The molecule has 0 aliphatic heterocycles. The van der Waals surface area contributed by atoms with Gasteiger partial charge in [0.25, 0.3) is 0 Å². The Balaban J connectivity index is 2.19. The first-order valence-electron chi connectivity index (χ1n) is 9.17. The molecule has 1 aromatic rings. The molecule has 0 aliphatic carbocycles. The molecule has 4 heteroatoms. The molecule has 0 bridgehead atoms. The maximum absolute atomic E-state index is 11.9. The summed E-state index contributed by atoms with van der Waals surface area (Å²) in [7, 11) is 0. The summed E-state index contributed by atoms with van der Waals surface area (Å²) in [5, 5.41) is 2.81. The van der Waals surface area contributed by atoms with Gasteiger partial charge in [-0.3, -0.25) is 0 Å². The Bertz CT molecular complexity index is 447. The number of aldehydes is 1. The molecule has 0 aliphatic rings. The normalized spacial score (nSPS) is 11.7. The van der Waals surface area contributed by atoms with Crippen LogP contribution in [0, 0.1) is 0 Å². The van der Waals surface area contributed by atoms with E-state index in [0.717, 1.165) is 31.1 Å². The zero-order valence-electron chi connectivity index (χ0n) is 14.8. The number of nitrogens with one attached hydrogen (secondary N) is 1. The number of alkyl carbamates (subject to hydrolysis) is 1. The summed E-state index contributed by atoms with van der Waals surface area (Å²) in [5.41, 5.74) is 0.951. The summed E-state index contributed by atoms with van der Waals surface area (Å²) in [6.45, 7) is 2.46. The predicted octanol–water partition coefficient (Wildman–Crippen LogP) is 5.01. The lowest BCUT2D eigenvalue weighted by Crippen LogP contribution is -2.35. The molecule has 1 atom stereocenters. The van der Waals surface area contributed by atoms with E-state index in [1.807, 2.05) is 30.3 Å². The summed E-state index contributed by atoms with van der Waals surface area (Å²) in [4.78, 5) is 22.7. The first-order valence-corrected chi connectivity index (χ1v) is 9.17. The fourth-order valence-corrected chi connectivity index (χ4v) is 2.64. The van der Waals surface area contributed by atoms with Crippen LogP contribution < -0.4 is 5.32 Å². The van der Waals surface area contributed by atoms with Crippen LogP contribution in [0.4, 0.5) is 4.79 Å². The number of hydrogen-bond acceptors (Lipinski definition) is 3. The molecule has 0 saturated heterocycles. The highest BCUT2D eigenvalue weighted by atomic mass is 16.5. The molecule has 0 fully saturated rings. The van der Waals surface area contributed by atoms with Crippen molar-refractivity contribution in [2.75, 3.05) is 0 Å². The topological polar surface area (TPSA) is 55.4 Å². The second-order valence-corrected chi connectivity index (χ2v) is 6.22. The molecule has 24 heavy (non-hydrogen) atoms. The minimum Gasteiger partial charge on any atom is -0.445 e. The average molecular weight is 333 g/mol. The smallest absolute Gasteiger partial charge is 0.407 e. The van der Waals surface area contributed by atoms with E-state index in [0.29, 0.717) is 6.42 Å². The van der Waals surface area contributed by atoms with E-state index in [-0.39, 0.29) is 12.6 Å². The van der Waals surface area contributed by atoms with E-state index in [4.69, 9.17) is 4.74 Å². The summed E-state index contributed by atoms with van der Waals surface area (Å²) in [5.74, 6) is 0. The van der Waals surface area contributed by atoms with Gasteiger partial charge in [-0.05, 0) is 12.0 Å². The van der Waals surface area contributed by atoms with Crippen molar-refractivity contribution in [3.8, 4) is 0 Å². The Kier molecular flexibility index (Phi) is 11.4. The minimum atomic E-state index is -0.450. The van der Waals surface area contributed by atoms with Gasteiger partial charge in [-0.25, -0.2) is 4.79 Å². The maximum Gasteiger partial charge on any atom is 0.407 e. The number of carbonyl (C=O) groups excluding carboxylic acids is 2. The molecular weight excluding hydrogens is 302 g/mol. The van der Waals surface area contributed by atoms with E-state index in [9.17, 15) is 9.59 Å². The first kappa shape index (κ1) is 20.2. The van der Waals surface area contributed by atoms with Gasteiger partial charge < -0.3 is 14.8 Å². The zero-order chi connectivity index (χ0) is 17.5. The van der Waals surface area contributed by atoms with Gasteiger partial charge >= 0.3 is 6.09 Å². The van der Waals surface area contributed by atoms with E-state index in [1.165, 1.54) is 32.1 Å². The van der Waals surface area contributed by atoms with E-state index in [2.05, 4.69) is 12.2 Å². The number of ether oxygens (including phenoxy) is 1. The predicted molar refractivity (Wildman–Crippen MR) is 96.8 cm³/mol. The molecule has 0 heterocycles. The van der Waals surface area contributed by atoms with Crippen LogP contribution in [-0.4, -0.2) is 18.4 Å². The summed E-state index contributed by atoms with van der Waals surface area (Å²) < 4.78 is 5.21. The van der Waals surface area contributed by atoms with Crippen molar-refractivity contribution in [1.82, 2.24) is 5.32 Å². The molecule has 1 aromatic carbocycles. The van der Waals surface area contributed by atoms with Crippen LogP contribution in [0.2, 0.25) is 0 Å². The Hall–Kier alpha value is -1.84. The largest absolute Gasteiger partial charge is 0.445 e. The standard InChI is InChI=1S/C20H31NO3/c1-2-3-4-5-6-7-11-14-19(15-16-22)21-20(23)24-17-18-12-9-8-10-13-18/h8-10,12-13,16,19H,2-7,11,14-15,17H2,1H3,(H,21,23)/t19-/m1/s1. The second kappa shape index (κ2) is 13.6. The third-order valence-corrected chi connectivity index (χ3v) is 4.07. The number of amides is 1. The average Bonchev–Trinajstić information content (AvgIpc) is 2.60. The molecule has 0 aromatic heterocycles. The van der Waals surface area contributed by atoms with Crippen molar-refractivity contribution in [2.45, 2.75) is 77.4 Å². The lowest BCUT2D eigenvalue weighted by molar-refractivity contribution is -0.108. The van der Waals surface area contributed by atoms with Crippen LogP contribution in [0.3, 0.4) is 0 Å². The third kappa shape index (κ3) is 10.0. The monoisotopic (exact) mass is 333 g/mol. The Morgan fingerprint density at radius 1 is 1.08 bits per heavy atom. The van der Waals surface area contributed by atoms with E-state index < -0.39 is 6.09 Å². The first-order chi connectivity index (χ1) is 11.8. The summed E-state index contributed by atoms with van der Waals surface area (Å²) in [6.07, 6.45) is 10.1. The van der Waals surface area contributed by atoms with Crippen molar-refractivity contribution >= 4 is 12.4 Å². The Labute approximate surface area is 146 Å². The van der Waals surface area contributed by atoms with Gasteiger partial charge in [0, 0.05) is 12.5 Å². The molecule has 4 nitrogen and oxygen atoms in total. The number of unbranched alkanes of at least 4 members (excludes halogenated alkanes) is 6. The van der Waals surface area contributed by atoms with Crippen molar-refractivity contribution in [3.05, 3.63) is 35.9 Å². The molecule has 1 amide bonds. The van der Waals surface area contributed by atoms with Crippen molar-refractivity contribution in [3.63, 3.8) is 0 Å². The van der Waals surface area contributed by atoms with Gasteiger partial charge in [0.2, 0.25) is 0 Å². The molecule has 0 unspecified atom stereocenters. The summed E-state index contributed by atoms with van der Waals surface area (Å²) >= 11 is 0. The van der Waals surface area contributed by atoms with Crippen LogP contribution in [0.25, 0.3) is 0 Å². The molecule has 1 N–H and O–H groups in total. The lowest BCUT2D eigenvalue weighted by atomic mass is 10.0. The molecule has 0 spiro atoms. The molecule has 134 valence electrons. The molecular formula is C20H31NO3. The fraction of sp³-hybridized carbons (Fsp3) is 0.600. The van der Waals surface area contributed by atoms with E-state index in [1.54, 1.807) is 0 Å². The fourth-order valence-electron chi connectivity index (χ4n) is 2.64. The zero-order valence-corrected chi connectivity index (χ0v) is 14.8. The maximum atomic E-state index is 11.9. The number of benzene rings is 1. The van der Waals surface area contributed by atoms with Crippen LogP contribution in [0.1, 0.15) is 70.3 Å². The van der Waals surface area contributed by atoms with Crippen LogP contribution in [0.5, 0.6) is 0 Å². The van der Waals surface area contributed by atoms with E-state index >= 15 is 0 Å². The number of rotatable bonds is 13. The van der Waals surface area contributed by atoms with Crippen molar-refractivity contribution in [2.24, 2.45) is 0 Å². The minimum absolute atomic E-state index is 0.124. The number of hydrogen-bond donors (Lipinski definition) is 1. The van der Waals surface area contributed by atoms with Gasteiger partial charge in [-0.15, -0.1) is 0 Å². The molecule has 1 rings (SSSR count). The Morgan fingerprint density at radius 2 is 1.75 bits per heavy atom. The van der Waals surface area contributed by atoms with Gasteiger partial charge in [0.05, 0.1) is 0 Å². The van der Waals surface area contributed by atoms with Gasteiger partial charge in [0.15, 0.2) is 0 Å². The Morgan fingerprint density at radius 3 is 2.42 bits per heavy atom. The van der Waals surface area contributed by atoms with Crippen molar-refractivity contribution < 1.29 is 14.3 Å². The SMILES string of the molecule is CCCCCCCCC[C@H](CC=O)NC(=O)OCc1ccccc1. The molecule has 0 saturated carbocycles. The summed E-state index contributed by atoms with van der Waals surface area (Å²) in [6, 6.07) is 9.44. The highest BCUT2D eigenvalue weighted by Gasteiger charge is 2.12. The highest BCUT2D eigenvalue weighted by Crippen LogP contribution is 2.11. The van der Waals surface area contributed by atoms with Crippen LogP contribution in [0.15, 0.2) is 30.3 Å². The lowest BCUT2D eigenvalue weighted by Gasteiger charge is -2.16. The number of carbonyl (C=O) groups is 2. The highest BCUT2D eigenvalue weighted by molar-refractivity contribution is 5.68. The second-order valence-electron chi connectivity index (χ2n) is 6.22. The molecule has 0 radical (unpaired) electrons. The van der Waals surface area contributed by atoms with Crippen LogP contribution in [-0.2, 0) is 16.1 Å². The van der Waals surface area contributed by atoms with Crippen LogP contribution >= 0.6 is 0 Å². The quantitative estimate of drug-likeness (QED) is 0.408. The van der Waals surface area contributed by atoms with Crippen molar-refractivity contribution in [1.29, 1.82) is 0 Å². The van der Waals surface area contributed by atoms with Gasteiger partial charge in [-0.1, -0.05) is 82.2 Å². The third-order valence-electron chi connectivity index (χ3n) is 4.07. The van der Waals surface area contributed by atoms with Gasteiger partial charge in [0.1, 0.15) is 12.9 Å².